The molecule has 1 aliphatic rings. The molecule has 2 rings (SSSR count). The van der Waals surface area contributed by atoms with Crippen molar-refractivity contribution in [1.82, 2.24) is 10.2 Å². The van der Waals surface area contributed by atoms with Crippen LogP contribution in [0.4, 0.5) is 0 Å². The second-order valence-corrected chi connectivity index (χ2v) is 5.46. The first-order valence-electron chi connectivity index (χ1n) is 7.18. The summed E-state index contributed by atoms with van der Waals surface area (Å²) in [5.74, 6) is 0.260. The molecular formula is C16H24N2O. The van der Waals surface area contributed by atoms with Crippen LogP contribution in [0, 0.1) is 0 Å². The summed E-state index contributed by atoms with van der Waals surface area (Å²) in [6, 6.07) is 10.7. The second kappa shape index (κ2) is 6.31. The van der Waals surface area contributed by atoms with Crippen LogP contribution in [0.15, 0.2) is 30.3 Å². The van der Waals surface area contributed by atoms with Gasteiger partial charge in [0.1, 0.15) is 5.78 Å². The summed E-state index contributed by atoms with van der Waals surface area (Å²) in [5, 5.41) is 3.68. The van der Waals surface area contributed by atoms with E-state index in [2.05, 4.69) is 47.5 Å². The molecule has 3 heteroatoms. The van der Waals surface area contributed by atoms with Crippen LogP contribution in [-0.4, -0.2) is 36.9 Å². The Morgan fingerprint density at radius 3 is 2.42 bits per heavy atom. The molecule has 0 aromatic heterocycles. The molecule has 0 amide bonds. The summed E-state index contributed by atoms with van der Waals surface area (Å²) in [6.07, 6.45) is 2.14. The van der Waals surface area contributed by atoms with Crippen LogP contribution in [0.2, 0.25) is 0 Å². The Morgan fingerprint density at radius 1 is 1.26 bits per heavy atom. The van der Waals surface area contributed by atoms with Crippen LogP contribution >= 0.6 is 0 Å². The van der Waals surface area contributed by atoms with Gasteiger partial charge in [-0.25, -0.2) is 0 Å². The number of carbonyl (C=O) groups is 1. The average Bonchev–Trinajstić information content (AvgIpc) is 2.42. The van der Waals surface area contributed by atoms with Gasteiger partial charge in [0.25, 0.3) is 0 Å². The normalized spacial score (nSPS) is 19.3. The summed E-state index contributed by atoms with van der Waals surface area (Å²) in [6.45, 7) is 7.37. The lowest BCUT2D eigenvalue weighted by atomic mass is 9.80. The van der Waals surface area contributed by atoms with Gasteiger partial charge in [0.05, 0.1) is 6.54 Å². The largest absolute Gasteiger partial charge is 0.308 e. The van der Waals surface area contributed by atoms with Gasteiger partial charge in [-0.05, 0) is 31.9 Å². The molecule has 1 heterocycles. The Kier molecular flexibility index (Phi) is 4.72. The summed E-state index contributed by atoms with van der Waals surface area (Å²) >= 11 is 0. The van der Waals surface area contributed by atoms with Gasteiger partial charge in [-0.2, -0.15) is 0 Å². The number of rotatable bonds is 5. The highest BCUT2D eigenvalue weighted by Gasteiger charge is 2.35. The van der Waals surface area contributed by atoms with Gasteiger partial charge < -0.3 is 5.32 Å². The molecular weight excluding hydrogens is 236 g/mol. The minimum Gasteiger partial charge on any atom is -0.308 e. The summed E-state index contributed by atoms with van der Waals surface area (Å²) in [5.41, 5.74) is 1.46. The molecule has 1 aromatic carbocycles. The lowest BCUT2D eigenvalue weighted by molar-refractivity contribution is -0.118. The van der Waals surface area contributed by atoms with Gasteiger partial charge in [0, 0.05) is 18.6 Å². The van der Waals surface area contributed by atoms with E-state index < -0.39 is 0 Å². The molecule has 0 unspecified atom stereocenters. The first-order valence-corrected chi connectivity index (χ1v) is 7.18. The molecule has 0 spiro atoms. The van der Waals surface area contributed by atoms with E-state index in [4.69, 9.17) is 0 Å². The fourth-order valence-corrected chi connectivity index (χ4v) is 3.07. The topological polar surface area (TPSA) is 32.3 Å². The van der Waals surface area contributed by atoms with Crippen molar-refractivity contribution in [3.8, 4) is 0 Å². The number of nitrogens with one attached hydrogen (secondary N) is 1. The molecule has 1 fully saturated rings. The van der Waals surface area contributed by atoms with Crippen molar-refractivity contribution in [3.63, 3.8) is 0 Å². The third-order valence-electron chi connectivity index (χ3n) is 4.00. The molecule has 0 aliphatic carbocycles. The SMILES string of the molecule is CCNC1(c2ccccc2)CCN(CC(C)=O)CC1. The molecule has 3 nitrogen and oxygen atoms in total. The second-order valence-electron chi connectivity index (χ2n) is 5.46. The zero-order valence-electron chi connectivity index (χ0n) is 12.0. The summed E-state index contributed by atoms with van der Waals surface area (Å²) in [7, 11) is 0. The van der Waals surface area contributed by atoms with E-state index in [1.165, 1.54) is 5.56 Å². The van der Waals surface area contributed by atoms with Crippen LogP contribution in [0.1, 0.15) is 32.3 Å². The third-order valence-corrected chi connectivity index (χ3v) is 4.00. The van der Waals surface area contributed by atoms with Gasteiger partial charge in [-0.3, -0.25) is 9.69 Å². The fraction of sp³-hybridized carbons (Fsp3) is 0.562. The summed E-state index contributed by atoms with van der Waals surface area (Å²) in [4.78, 5) is 13.5. The monoisotopic (exact) mass is 260 g/mol. The number of benzene rings is 1. The number of nitrogens with zero attached hydrogens (tertiary/aromatic N) is 1. The van der Waals surface area contributed by atoms with Crippen molar-refractivity contribution < 1.29 is 4.79 Å². The first kappa shape index (κ1) is 14.2. The molecule has 0 radical (unpaired) electrons. The maximum Gasteiger partial charge on any atom is 0.143 e. The molecule has 1 aromatic rings. The highest BCUT2D eigenvalue weighted by Crippen LogP contribution is 2.32. The zero-order chi connectivity index (χ0) is 13.7. The van der Waals surface area contributed by atoms with E-state index in [1.807, 2.05) is 0 Å². The molecule has 0 saturated carbocycles. The lowest BCUT2D eigenvalue weighted by Gasteiger charge is -2.42. The Hall–Kier alpha value is -1.19. The average molecular weight is 260 g/mol. The van der Waals surface area contributed by atoms with Crippen molar-refractivity contribution in [2.24, 2.45) is 0 Å². The predicted octanol–water partition coefficient (Wildman–Crippen LogP) is 2.18. The van der Waals surface area contributed by atoms with E-state index in [0.717, 1.165) is 32.5 Å². The molecule has 0 bridgehead atoms. The lowest BCUT2D eigenvalue weighted by Crippen LogP contribution is -2.51. The van der Waals surface area contributed by atoms with E-state index >= 15 is 0 Å². The fourth-order valence-electron chi connectivity index (χ4n) is 3.07. The number of piperidine rings is 1. The smallest absolute Gasteiger partial charge is 0.143 e. The molecule has 104 valence electrons. The van der Waals surface area contributed by atoms with Crippen LogP contribution in [0.25, 0.3) is 0 Å². The number of likely N-dealkylation sites (tertiary alicyclic amines) is 1. The van der Waals surface area contributed by atoms with E-state index in [0.29, 0.717) is 6.54 Å². The van der Waals surface area contributed by atoms with E-state index in [9.17, 15) is 4.79 Å². The summed E-state index contributed by atoms with van der Waals surface area (Å²) < 4.78 is 0. The van der Waals surface area contributed by atoms with E-state index in [-0.39, 0.29) is 11.3 Å². The van der Waals surface area contributed by atoms with Crippen molar-refractivity contribution in [2.75, 3.05) is 26.2 Å². The van der Waals surface area contributed by atoms with Crippen molar-refractivity contribution in [2.45, 2.75) is 32.2 Å². The molecule has 19 heavy (non-hydrogen) atoms. The van der Waals surface area contributed by atoms with Crippen molar-refractivity contribution >= 4 is 5.78 Å². The number of ketones is 1. The predicted molar refractivity (Wildman–Crippen MR) is 78.2 cm³/mol. The maximum atomic E-state index is 11.2. The van der Waals surface area contributed by atoms with Gasteiger partial charge >= 0.3 is 0 Å². The highest BCUT2D eigenvalue weighted by atomic mass is 16.1. The first-order chi connectivity index (χ1) is 9.16. The molecule has 0 atom stereocenters. The number of hydrogen-bond acceptors (Lipinski definition) is 3. The van der Waals surface area contributed by atoms with Gasteiger partial charge in [0.2, 0.25) is 0 Å². The molecule has 1 saturated heterocycles. The van der Waals surface area contributed by atoms with Gasteiger partial charge in [0.15, 0.2) is 0 Å². The van der Waals surface area contributed by atoms with Crippen molar-refractivity contribution in [3.05, 3.63) is 35.9 Å². The molecule has 1 N–H and O–H groups in total. The Morgan fingerprint density at radius 2 is 1.89 bits per heavy atom. The van der Waals surface area contributed by atoms with Crippen LogP contribution in [0.5, 0.6) is 0 Å². The van der Waals surface area contributed by atoms with E-state index in [1.54, 1.807) is 6.92 Å². The Bertz CT molecular complexity index is 408. The maximum absolute atomic E-state index is 11.2. The van der Waals surface area contributed by atoms with Crippen molar-refractivity contribution in [1.29, 1.82) is 0 Å². The number of hydrogen-bond donors (Lipinski definition) is 1. The minimum atomic E-state index is 0.0866. The van der Waals surface area contributed by atoms with Crippen LogP contribution in [-0.2, 0) is 10.3 Å². The van der Waals surface area contributed by atoms with Gasteiger partial charge in [-0.1, -0.05) is 37.3 Å². The molecule has 1 aliphatic heterocycles. The quantitative estimate of drug-likeness (QED) is 0.880. The highest BCUT2D eigenvalue weighted by molar-refractivity contribution is 5.77. The van der Waals surface area contributed by atoms with Crippen LogP contribution < -0.4 is 5.32 Å². The third kappa shape index (κ3) is 3.43. The zero-order valence-corrected chi connectivity index (χ0v) is 12.0. The van der Waals surface area contributed by atoms with Gasteiger partial charge in [-0.15, -0.1) is 0 Å². The Balaban J connectivity index is 2.09. The Labute approximate surface area is 116 Å². The standard InChI is InChI=1S/C16H24N2O/c1-3-17-16(15-7-5-4-6-8-15)9-11-18(12-10-16)13-14(2)19/h4-8,17H,3,9-13H2,1-2H3. The number of carbonyl (C=O) groups excluding carboxylic acids is 1. The minimum absolute atomic E-state index is 0.0866. The number of Topliss-reactive ketones (excluding diaryl/α,β-unsaturated/α-hetero) is 1. The van der Waals surface area contributed by atoms with Crippen LogP contribution in [0.3, 0.4) is 0 Å².